The molecule has 2 rings (SSSR count). The number of anilines is 1. The van der Waals surface area contributed by atoms with E-state index in [-0.39, 0.29) is 5.91 Å². The summed E-state index contributed by atoms with van der Waals surface area (Å²) in [5.74, 6) is -0.197. The van der Waals surface area contributed by atoms with Crippen molar-refractivity contribution in [2.24, 2.45) is 5.16 Å². The molecule has 0 bridgehead atoms. The van der Waals surface area contributed by atoms with Gasteiger partial charge in [0, 0.05) is 8.95 Å². The fourth-order valence-electron chi connectivity index (χ4n) is 1.54. The first-order valence-electron chi connectivity index (χ1n) is 5.74. The number of aromatic nitrogens is 1. The topological polar surface area (TPSA) is 74.6 Å². The van der Waals surface area contributed by atoms with Crippen molar-refractivity contribution in [1.82, 2.24) is 4.98 Å². The van der Waals surface area contributed by atoms with Crippen LogP contribution in [0.3, 0.4) is 0 Å². The Morgan fingerprint density at radius 3 is 2.95 bits per heavy atom. The van der Waals surface area contributed by atoms with E-state index < -0.39 is 0 Å². The minimum absolute atomic E-state index is 0.197. The first-order chi connectivity index (χ1) is 9.52. The lowest BCUT2D eigenvalue weighted by atomic mass is 10.1. The number of halogens is 1. The van der Waals surface area contributed by atoms with Crippen molar-refractivity contribution in [3.05, 3.63) is 44.0 Å². The largest absolute Gasteiger partial charge is 0.411 e. The third kappa shape index (κ3) is 3.15. The molecule has 0 aliphatic carbocycles. The van der Waals surface area contributed by atoms with Gasteiger partial charge in [-0.1, -0.05) is 17.3 Å². The highest BCUT2D eigenvalue weighted by atomic mass is 127. The van der Waals surface area contributed by atoms with Crippen molar-refractivity contribution in [2.45, 2.75) is 13.8 Å². The molecular formula is C13H12IN3O2S. The Kier molecular flexibility index (Phi) is 4.71. The maximum atomic E-state index is 12.2. The first kappa shape index (κ1) is 14.9. The molecule has 1 amide bonds. The van der Waals surface area contributed by atoms with Crippen molar-refractivity contribution in [3.8, 4) is 0 Å². The second-order valence-corrected chi connectivity index (χ2v) is 6.05. The van der Waals surface area contributed by atoms with E-state index in [1.165, 1.54) is 11.3 Å². The molecule has 0 spiro atoms. The molecule has 0 unspecified atom stereocenters. The Morgan fingerprint density at radius 1 is 1.50 bits per heavy atom. The predicted molar refractivity (Wildman–Crippen MR) is 88.0 cm³/mol. The van der Waals surface area contributed by atoms with E-state index in [0.29, 0.717) is 22.1 Å². The van der Waals surface area contributed by atoms with Gasteiger partial charge in [-0.25, -0.2) is 4.98 Å². The molecule has 0 aliphatic heterocycles. The molecular weight excluding hydrogens is 389 g/mol. The average Bonchev–Trinajstić information content (AvgIpc) is 2.89. The summed E-state index contributed by atoms with van der Waals surface area (Å²) in [5.41, 5.74) is 2.63. The SMILES string of the molecule is C/C(=N/O)c1csc(NC(=O)c2cccc(C)c2I)n1. The summed E-state index contributed by atoms with van der Waals surface area (Å²) < 4.78 is 0.924. The smallest absolute Gasteiger partial charge is 0.258 e. The molecule has 0 radical (unpaired) electrons. The van der Waals surface area contributed by atoms with Crippen LogP contribution in [0.4, 0.5) is 5.13 Å². The highest BCUT2D eigenvalue weighted by Crippen LogP contribution is 2.20. The molecule has 2 aromatic rings. The van der Waals surface area contributed by atoms with Gasteiger partial charge in [-0.05, 0) is 48.1 Å². The second kappa shape index (κ2) is 6.31. The van der Waals surface area contributed by atoms with Crippen molar-refractivity contribution >= 4 is 50.7 Å². The number of aryl methyl sites for hydroxylation is 1. The lowest BCUT2D eigenvalue weighted by molar-refractivity contribution is 0.102. The normalized spacial score (nSPS) is 11.4. The molecule has 0 atom stereocenters. The minimum Gasteiger partial charge on any atom is -0.411 e. The number of thiazole rings is 1. The number of amides is 1. The van der Waals surface area contributed by atoms with E-state index in [2.05, 4.69) is 38.0 Å². The molecule has 2 N–H and O–H groups in total. The van der Waals surface area contributed by atoms with Gasteiger partial charge in [0.05, 0.1) is 5.56 Å². The molecule has 7 heteroatoms. The van der Waals surface area contributed by atoms with Gasteiger partial charge >= 0.3 is 0 Å². The fraction of sp³-hybridized carbons (Fsp3) is 0.154. The molecule has 0 saturated carbocycles. The molecule has 0 saturated heterocycles. The average molecular weight is 401 g/mol. The number of hydrogen-bond donors (Lipinski definition) is 2. The highest BCUT2D eigenvalue weighted by molar-refractivity contribution is 14.1. The molecule has 5 nitrogen and oxygen atoms in total. The van der Waals surface area contributed by atoms with Crippen LogP contribution in [-0.4, -0.2) is 21.8 Å². The number of benzene rings is 1. The number of rotatable bonds is 3. The third-order valence-electron chi connectivity index (χ3n) is 2.68. The van der Waals surface area contributed by atoms with Crippen molar-refractivity contribution in [2.75, 3.05) is 5.32 Å². The van der Waals surface area contributed by atoms with Crippen LogP contribution in [0.1, 0.15) is 28.5 Å². The maximum Gasteiger partial charge on any atom is 0.258 e. The summed E-state index contributed by atoms with van der Waals surface area (Å²) in [7, 11) is 0. The number of hydrogen-bond acceptors (Lipinski definition) is 5. The first-order valence-corrected chi connectivity index (χ1v) is 7.69. The van der Waals surface area contributed by atoms with E-state index in [9.17, 15) is 4.79 Å². The Morgan fingerprint density at radius 2 is 2.25 bits per heavy atom. The van der Waals surface area contributed by atoms with Crippen LogP contribution in [0.2, 0.25) is 0 Å². The monoisotopic (exact) mass is 401 g/mol. The standard InChI is InChI=1S/C13H12IN3O2S/c1-7-4-3-5-9(11(7)14)12(18)16-13-15-10(6-20-13)8(2)17-19/h3-6,19H,1-2H3,(H,15,16,18)/b17-8-. The Hall–Kier alpha value is -1.48. The van der Waals surface area contributed by atoms with Gasteiger partial charge in [0.2, 0.25) is 0 Å². The second-order valence-electron chi connectivity index (χ2n) is 4.11. The van der Waals surface area contributed by atoms with Crippen LogP contribution < -0.4 is 5.32 Å². The zero-order valence-corrected chi connectivity index (χ0v) is 13.8. The Bertz CT molecular complexity index is 682. The summed E-state index contributed by atoms with van der Waals surface area (Å²) >= 11 is 3.44. The molecule has 0 fully saturated rings. The molecule has 20 heavy (non-hydrogen) atoms. The van der Waals surface area contributed by atoms with Gasteiger partial charge in [-0.2, -0.15) is 0 Å². The van der Waals surface area contributed by atoms with Gasteiger partial charge in [0.25, 0.3) is 5.91 Å². The lowest BCUT2D eigenvalue weighted by Crippen LogP contribution is -2.14. The zero-order valence-electron chi connectivity index (χ0n) is 10.8. The molecule has 1 aromatic heterocycles. The van der Waals surface area contributed by atoms with Gasteiger partial charge in [-0.15, -0.1) is 11.3 Å². The van der Waals surface area contributed by atoms with Gasteiger partial charge in [0.1, 0.15) is 11.4 Å². The van der Waals surface area contributed by atoms with Crippen molar-refractivity contribution < 1.29 is 10.0 Å². The van der Waals surface area contributed by atoms with E-state index in [0.717, 1.165) is 9.13 Å². The van der Waals surface area contributed by atoms with Crippen LogP contribution in [0.5, 0.6) is 0 Å². The minimum atomic E-state index is -0.197. The van der Waals surface area contributed by atoms with Crippen LogP contribution in [-0.2, 0) is 0 Å². The Labute approximate surface area is 133 Å². The van der Waals surface area contributed by atoms with Crippen LogP contribution >= 0.6 is 33.9 Å². The van der Waals surface area contributed by atoms with E-state index in [4.69, 9.17) is 5.21 Å². The van der Waals surface area contributed by atoms with E-state index in [1.54, 1.807) is 18.4 Å². The molecule has 1 heterocycles. The van der Waals surface area contributed by atoms with Gasteiger partial charge in [-0.3, -0.25) is 10.1 Å². The predicted octanol–water partition coefficient (Wildman–Crippen LogP) is 3.51. The lowest BCUT2D eigenvalue weighted by Gasteiger charge is -2.06. The quantitative estimate of drug-likeness (QED) is 0.358. The molecule has 0 aliphatic rings. The van der Waals surface area contributed by atoms with Crippen molar-refractivity contribution in [3.63, 3.8) is 0 Å². The van der Waals surface area contributed by atoms with E-state index >= 15 is 0 Å². The number of nitrogens with zero attached hydrogens (tertiary/aromatic N) is 2. The summed E-state index contributed by atoms with van der Waals surface area (Å²) in [4.78, 5) is 16.4. The third-order valence-corrected chi connectivity index (χ3v) is 4.87. The molecule has 1 aromatic carbocycles. The maximum absolute atomic E-state index is 12.2. The number of carbonyl (C=O) groups excluding carboxylic acids is 1. The van der Waals surface area contributed by atoms with Crippen LogP contribution in [0.15, 0.2) is 28.7 Å². The van der Waals surface area contributed by atoms with Gasteiger partial charge < -0.3 is 5.21 Å². The summed E-state index contributed by atoms with van der Waals surface area (Å²) in [6.07, 6.45) is 0. The summed E-state index contributed by atoms with van der Waals surface area (Å²) in [6.45, 7) is 3.60. The number of oxime groups is 1. The molecule has 104 valence electrons. The van der Waals surface area contributed by atoms with Crippen molar-refractivity contribution in [1.29, 1.82) is 0 Å². The van der Waals surface area contributed by atoms with Gasteiger partial charge in [0.15, 0.2) is 5.13 Å². The Balaban J connectivity index is 2.20. The van der Waals surface area contributed by atoms with Crippen LogP contribution in [0, 0.1) is 10.5 Å². The number of nitrogens with one attached hydrogen (secondary N) is 1. The highest BCUT2D eigenvalue weighted by Gasteiger charge is 2.13. The van der Waals surface area contributed by atoms with Crippen LogP contribution in [0.25, 0.3) is 0 Å². The summed E-state index contributed by atoms with van der Waals surface area (Å²) in [5, 5.41) is 16.7. The number of carbonyl (C=O) groups is 1. The fourth-order valence-corrected chi connectivity index (χ4v) is 2.89. The zero-order chi connectivity index (χ0) is 14.7. The van der Waals surface area contributed by atoms with E-state index in [1.807, 2.05) is 19.1 Å². The summed E-state index contributed by atoms with van der Waals surface area (Å²) in [6, 6.07) is 5.59.